The second-order valence-corrected chi connectivity index (χ2v) is 5.72. The Kier molecular flexibility index (Phi) is 4.61. The molecule has 0 radical (unpaired) electrons. The van der Waals surface area contributed by atoms with Crippen LogP contribution in [0.2, 0.25) is 0 Å². The zero-order chi connectivity index (χ0) is 13.9. The number of rotatable bonds is 4. The average molecular weight is 262 g/mol. The third-order valence-electron chi connectivity index (χ3n) is 4.76. The van der Waals surface area contributed by atoms with Crippen molar-refractivity contribution in [3.8, 4) is 0 Å². The van der Waals surface area contributed by atoms with E-state index in [0.717, 1.165) is 12.8 Å². The van der Waals surface area contributed by atoms with Gasteiger partial charge in [-0.3, -0.25) is 11.3 Å². The Morgan fingerprint density at radius 1 is 1.21 bits per heavy atom. The van der Waals surface area contributed by atoms with Crippen molar-refractivity contribution < 1.29 is 4.74 Å². The monoisotopic (exact) mass is 262 g/mol. The Bertz CT molecular complexity index is 425. The van der Waals surface area contributed by atoms with Crippen LogP contribution in [0.5, 0.6) is 0 Å². The van der Waals surface area contributed by atoms with E-state index in [4.69, 9.17) is 10.6 Å². The minimum atomic E-state index is -0.161. The fraction of sp³-hybridized carbons (Fsp3) is 0.625. The second kappa shape index (κ2) is 6.04. The Labute approximate surface area is 116 Å². The maximum atomic E-state index is 5.94. The van der Waals surface area contributed by atoms with Gasteiger partial charge in [0.25, 0.3) is 0 Å². The van der Waals surface area contributed by atoms with Gasteiger partial charge in [-0.05, 0) is 43.4 Å². The lowest BCUT2D eigenvalue weighted by atomic mass is 9.75. The van der Waals surface area contributed by atoms with E-state index in [-0.39, 0.29) is 11.6 Å². The molecule has 1 fully saturated rings. The van der Waals surface area contributed by atoms with E-state index < -0.39 is 0 Å². The molecule has 2 rings (SSSR count). The molecule has 106 valence electrons. The molecule has 3 N–H and O–H groups in total. The first-order chi connectivity index (χ1) is 9.14. The van der Waals surface area contributed by atoms with Crippen LogP contribution in [-0.2, 0) is 4.74 Å². The van der Waals surface area contributed by atoms with Gasteiger partial charge in [-0.15, -0.1) is 0 Å². The SMILES string of the molecule is COC1(C(NN)c2cccc(C)c2C)CCCCC1. The summed E-state index contributed by atoms with van der Waals surface area (Å²) in [7, 11) is 1.82. The first-order valence-corrected chi connectivity index (χ1v) is 7.22. The molecule has 0 aliphatic heterocycles. The number of nitrogens with two attached hydrogens (primary N) is 1. The van der Waals surface area contributed by atoms with Gasteiger partial charge in [0.2, 0.25) is 0 Å². The summed E-state index contributed by atoms with van der Waals surface area (Å²) in [6.45, 7) is 4.31. The molecular weight excluding hydrogens is 236 g/mol. The van der Waals surface area contributed by atoms with Crippen LogP contribution in [0.4, 0.5) is 0 Å². The Hall–Kier alpha value is -0.900. The maximum absolute atomic E-state index is 5.94. The predicted molar refractivity (Wildman–Crippen MR) is 78.8 cm³/mol. The summed E-state index contributed by atoms with van der Waals surface area (Å²) in [5.74, 6) is 5.89. The molecule has 0 bridgehead atoms. The molecule has 19 heavy (non-hydrogen) atoms. The van der Waals surface area contributed by atoms with Crippen molar-refractivity contribution in [3.05, 3.63) is 34.9 Å². The van der Waals surface area contributed by atoms with E-state index in [1.165, 1.54) is 36.0 Å². The molecule has 1 atom stereocenters. The van der Waals surface area contributed by atoms with Gasteiger partial charge in [0.1, 0.15) is 0 Å². The third kappa shape index (κ3) is 2.69. The largest absolute Gasteiger partial charge is 0.376 e. The maximum Gasteiger partial charge on any atom is 0.0885 e. The van der Waals surface area contributed by atoms with Gasteiger partial charge in [-0.25, -0.2) is 0 Å². The van der Waals surface area contributed by atoms with Crippen LogP contribution >= 0.6 is 0 Å². The lowest BCUT2D eigenvalue weighted by Crippen LogP contribution is -2.49. The van der Waals surface area contributed by atoms with E-state index in [1.54, 1.807) is 0 Å². The van der Waals surface area contributed by atoms with E-state index in [1.807, 2.05) is 7.11 Å². The van der Waals surface area contributed by atoms with Crippen molar-refractivity contribution in [1.29, 1.82) is 0 Å². The molecule has 0 saturated heterocycles. The summed E-state index contributed by atoms with van der Waals surface area (Å²) in [6, 6.07) is 6.49. The standard InChI is InChI=1S/C16H26N2O/c1-12-8-7-9-14(13(12)2)15(18-17)16(19-3)10-5-4-6-11-16/h7-9,15,18H,4-6,10-11,17H2,1-3H3. The minimum absolute atomic E-state index is 0.0673. The number of nitrogens with one attached hydrogen (secondary N) is 1. The molecule has 0 aromatic heterocycles. The van der Waals surface area contributed by atoms with E-state index in [9.17, 15) is 0 Å². The average Bonchev–Trinajstić information content (AvgIpc) is 2.45. The number of hydrogen-bond donors (Lipinski definition) is 2. The highest BCUT2D eigenvalue weighted by Crippen LogP contribution is 2.41. The molecule has 0 heterocycles. The smallest absolute Gasteiger partial charge is 0.0885 e. The lowest BCUT2D eigenvalue weighted by Gasteiger charge is -2.43. The van der Waals surface area contributed by atoms with Crippen molar-refractivity contribution in [2.24, 2.45) is 5.84 Å². The summed E-state index contributed by atoms with van der Waals surface area (Å²) < 4.78 is 5.94. The quantitative estimate of drug-likeness (QED) is 0.647. The molecule has 1 aromatic carbocycles. The fourth-order valence-corrected chi connectivity index (χ4v) is 3.37. The zero-order valence-electron chi connectivity index (χ0n) is 12.3. The van der Waals surface area contributed by atoms with Crippen molar-refractivity contribution in [2.75, 3.05) is 7.11 Å². The van der Waals surface area contributed by atoms with Crippen LogP contribution in [0.3, 0.4) is 0 Å². The minimum Gasteiger partial charge on any atom is -0.376 e. The Balaban J connectivity index is 2.40. The number of benzene rings is 1. The van der Waals surface area contributed by atoms with Gasteiger partial charge in [-0.1, -0.05) is 37.5 Å². The van der Waals surface area contributed by atoms with E-state index in [0.29, 0.717) is 0 Å². The highest BCUT2D eigenvalue weighted by molar-refractivity contribution is 5.37. The second-order valence-electron chi connectivity index (χ2n) is 5.72. The van der Waals surface area contributed by atoms with E-state index in [2.05, 4.69) is 37.5 Å². The van der Waals surface area contributed by atoms with Crippen molar-refractivity contribution in [2.45, 2.75) is 57.6 Å². The number of hydrazine groups is 1. The number of ether oxygens (including phenoxy) is 1. The summed E-state index contributed by atoms with van der Waals surface area (Å²) >= 11 is 0. The predicted octanol–water partition coefficient (Wildman–Crippen LogP) is 3.16. The van der Waals surface area contributed by atoms with Crippen LogP contribution < -0.4 is 11.3 Å². The van der Waals surface area contributed by atoms with Crippen molar-refractivity contribution in [1.82, 2.24) is 5.43 Å². The summed E-state index contributed by atoms with van der Waals surface area (Å²) in [5.41, 5.74) is 6.75. The lowest BCUT2D eigenvalue weighted by molar-refractivity contribution is -0.0690. The first-order valence-electron chi connectivity index (χ1n) is 7.22. The van der Waals surface area contributed by atoms with Gasteiger partial charge in [-0.2, -0.15) is 0 Å². The van der Waals surface area contributed by atoms with Gasteiger partial charge >= 0.3 is 0 Å². The topological polar surface area (TPSA) is 47.3 Å². The molecule has 1 aliphatic rings. The molecule has 0 amide bonds. The van der Waals surface area contributed by atoms with Crippen LogP contribution in [0.1, 0.15) is 54.8 Å². The number of methoxy groups -OCH3 is 1. The molecule has 0 spiro atoms. The first kappa shape index (κ1) is 14.5. The number of aryl methyl sites for hydroxylation is 1. The van der Waals surface area contributed by atoms with Crippen molar-refractivity contribution >= 4 is 0 Å². The van der Waals surface area contributed by atoms with Crippen molar-refractivity contribution in [3.63, 3.8) is 0 Å². The number of hydrogen-bond acceptors (Lipinski definition) is 3. The van der Waals surface area contributed by atoms with Gasteiger partial charge in [0.05, 0.1) is 11.6 Å². The molecule has 3 nitrogen and oxygen atoms in total. The molecule has 1 aliphatic carbocycles. The molecular formula is C16H26N2O. The summed E-state index contributed by atoms with van der Waals surface area (Å²) in [5, 5.41) is 0. The van der Waals surface area contributed by atoms with Crippen LogP contribution in [0, 0.1) is 13.8 Å². The van der Waals surface area contributed by atoms with Crippen LogP contribution in [0.15, 0.2) is 18.2 Å². The van der Waals surface area contributed by atoms with Gasteiger partial charge < -0.3 is 4.74 Å². The molecule has 1 unspecified atom stereocenters. The third-order valence-corrected chi connectivity index (χ3v) is 4.76. The summed E-state index contributed by atoms with van der Waals surface area (Å²) in [6.07, 6.45) is 5.89. The molecule has 1 saturated carbocycles. The van der Waals surface area contributed by atoms with Gasteiger partial charge in [0.15, 0.2) is 0 Å². The Morgan fingerprint density at radius 2 is 1.89 bits per heavy atom. The highest BCUT2D eigenvalue weighted by Gasteiger charge is 2.41. The zero-order valence-corrected chi connectivity index (χ0v) is 12.3. The highest BCUT2D eigenvalue weighted by atomic mass is 16.5. The molecule has 1 aromatic rings. The van der Waals surface area contributed by atoms with Crippen LogP contribution in [0.25, 0.3) is 0 Å². The van der Waals surface area contributed by atoms with Crippen LogP contribution in [-0.4, -0.2) is 12.7 Å². The normalized spacial score (nSPS) is 20.2. The summed E-state index contributed by atoms with van der Waals surface area (Å²) in [4.78, 5) is 0. The fourth-order valence-electron chi connectivity index (χ4n) is 3.37. The van der Waals surface area contributed by atoms with Gasteiger partial charge in [0, 0.05) is 7.11 Å². The molecule has 3 heteroatoms. The Morgan fingerprint density at radius 3 is 2.47 bits per heavy atom. The van der Waals surface area contributed by atoms with E-state index >= 15 is 0 Å².